The van der Waals surface area contributed by atoms with Crippen molar-refractivity contribution >= 4 is 17.0 Å². The lowest BCUT2D eigenvalue weighted by Gasteiger charge is -2.12. The second-order valence-electron chi connectivity index (χ2n) is 7.10. The smallest absolute Gasteiger partial charge is 0.393 e. The molecule has 1 aliphatic rings. The Morgan fingerprint density at radius 2 is 2.10 bits per heavy atom. The van der Waals surface area contributed by atoms with Gasteiger partial charge < -0.3 is 15.4 Å². The Balaban J connectivity index is 1.69. The topological polar surface area (TPSA) is 111 Å². The molecule has 7 nitrogen and oxygen atoms in total. The highest BCUT2D eigenvalue weighted by atomic mass is 19.4. The Hall–Kier alpha value is -3.19. The number of H-pyrrole nitrogens is 1. The molecule has 0 saturated heterocycles. The van der Waals surface area contributed by atoms with Gasteiger partial charge >= 0.3 is 6.18 Å². The molecule has 0 amide bonds. The minimum absolute atomic E-state index is 0.144. The molecular formula is C19H17F3N6O. The lowest BCUT2D eigenvalue weighted by atomic mass is 10.1. The first-order valence-electron chi connectivity index (χ1n) is 9.09. The molecule has 1 saturated carbocycles. The minimum atomic E-state index is -4.53. The highest BCUT2D eigenvalue weighted by Gasteiger charge is 2.31. The van der Waals surface area contributed by atoms with E-state index >= 15 is 0 Å². The van der Waals surface area contributed by atoms with E-state index in [1.54, 1.807) is 0 Å². The Kier molecular flexibility index (Phi) is 4.84. The summed E-state index contributed by atoms with van der Waals surface area (Å²) in [5.74, 6) is 0.564. The van der Waals surface area contributed by atoms with E-state index in [4.69, 9.17) is 0 Å². The number of alkyl halides is 3. The normalized spacial score (nSPS) is 19.4. The molecule has 3 N–H and O–H groups in total. The molecule has 1 aliphatic carbocycles. The summed E-state index contributed by atoms with van der Waals surface area (Å²) in [4.78, 5) is 15.1. The molecule has 3 aromatic rings. The number of aliphatic hydroxyl groups is 1. The van der Waals surface area contributed by atoms with Gasteiger partial charge in [-0.1, -0.05) is 0 Å². The Morgan fingerprint density at radius 1 is 1.28 bits per heavy atom. The van der Waals surface area contributed by atoms with Crippen molar-refractivity contribution in [1.82, 2.24) is 19.9 Å². The van der Waals surface area contributed by atoms with E-state index in [0.717, 1.165) is 25.1 Å². The Labute approximate surface area is 163 Å². The average Bonchev–Trinajstić information content (AvgIpc) is 3.30. The minimum Gasteiger partial charge on any atom is -0.393 e. The molecule has 0 aliphatic heterocycles. The molecule has 4 rings (SSSR count). The van der Waals surface area contributed by atoms with Crippen molar-refractivity contribution in [1.29, 1.82) is 5.26 Å². The van der Waals surface area contributed by atoms with Crippen LogP contribution in [0.25, 0.3) is 22.3 Å². The van der Waals surface area contributed by atoms with Crippen LogP contribution in [0.1, 0.15) is 30.4 Å². The number of aliphatic hydroxyl groups excluding tert-OH is 1. The third kappa shape index (κ3) is 3.86. The number of nitrogens with zero attached hydrogens (tertiary/aromatic N) is 4. The van der Waals surface area contributed by atoms with E-state index in [9.17, 15) is 23.5 Å². The lowest BCUT2D eigenvalue weighted by Crippen LogP contribution is -2.14. The quantitative estimate of drug-likeness (QED) is 0.616. The molecule has 0 aromatic carbocycles. The molecule has 0 radical (unpaired) electrons. The molecule has 0 bridgehead atoms. The van der Waals surface area contributed by atoms with Crippen LogP contribution in [0.4, 0.5) is 19.1 Å². The first-order valence-corrected chi connectivity index (χ1v) is 9.09. The predicted octanol–water partition coefficient (Wildman–Crippen LogP) is 3.48. The zero-order chi connectivity index (χ0) is 20.6. The number of hydrogen-bond donors (Lipinski definition) is 3. The number of aromatic amines is 1. The number of anilines is 1. The summed E-state index contributed by atoms with van der Waals surface area (Å²) in [5.41, 5.74) is 0.104. The molecule has 2 atom stereocenters. The zero-order valence-corrected chi connectivity index (χ0v) is 15.2. The summed E-state index contributed by atoms with van der Waals surface area (Å²) in [7, 11) is 0. The van der Waals surface area contributed by atoms with Crippen LogP contribution < -0.4 is 5.32 Å². The molecule has 3 aromatic heterocycles. The number of hydrogen-bond acceptors (Lipinski definition) is 6. The van der Waals surface area contributed by atoms with Crippen molar-refractivity contribution in [3.63, 3.8) is 0 Å². The zero-order valence-electron chi connectivity index (χ0n) is 15.2. The fourth-order valence-corrected chi connectivity index (χ4v) is 3.58. The molecule has 3 heterocycles. The standard InChI is InChI=1S/C19H17F3N6O/c20-19(21,22)12-4-14-15(9-25-17(14)24-8-12)16-11(5-23)7-27-18(28-16)26-6-10-1-2-13(29)3-10/h4,7-10,13,29H,1-3,6H2,(H,24,25)(H,26,27,28)/t10-,13+/m0/s1. The Morgan fingerprint density at radius 3 is 2.79 bits per heavy atom. The number of aromatic nitrogens is 4. The molecule has 150 valence electrons. The number of halogens is 3. The van der Waals surface area contributed by atoms with E-state index in [-0.39, 0.29) is 34.3 Å². The molecule has 29 heavy (non-hydrogen) atoms. The number of pyridine rings is 1. The first-order chi connectivity index (χ1) is 13.8. The van der Waals surface area contributed by atoms with Crippen LogP contribution in [0.5, 0.6) is 0 Å². The van der Waals surface area contributed by atoms with Crippen molar-refractivity contribution in [2.75, 3.05) is 11.9 Å². The van der Waals surface area contributed by atoms with Gasteiger partial charge in [0.15, 0.2) is 0 Å². The third-order valence-electron chi connectivity index (χ3n) is 5.09. The van der Waals surface area contributed by atoms with Crippen molar-refractivity contribution in [2.45, 2.75) is 31.5 Å². The highest BCUT2D eigenvalue weighted by Crippen LogP contribution is 2.34. The summed E-state index contributed by atoms with van der Waals surface area (Å²) in [5, 5.41) is 22.4. The largest absolute Gasteiger partial charge is 0.417 e. The molecule has 1 fully saturated rings. The molecular weight excluding hydrogens is 385 g/mol. The molecule has 0 unspecified atom stereocenters. The van der Waals surface area contributed by atoms with E-state index in [1.165, 1.54) is 12.4 Å². The fourth-order valence-electron chi connectivity index (χ4n) is 3.58. The highest BCUT2D eigenvalue weighted by molar-refractivity contribution is 5.94. The van der Waals surface area contributed by atoms with Gasteiger partial charge in [-0.05, 0) is 31.2 Å². The van der Waals surface area contributed by atoms with Gasteiger partial charge in [-0.2, -0.15) is 18.4 Å². The second kappa shape index (κ2) is 7.33. The van der Waals surface area contributed by atoms with Crippen LogP contribution in [0.2, 0.25) is 0 Å². The van der Waals surface area contributed by atoms with Crippen molar-refractivity contribution in [3.8, 4) is 17.3 Å². The van der Waals surface area contributed by atoms with Crippen molar-refractivity contribution in [2.24, 2.45) is 5.92 Å². The Bertz CT molecular complexity index is 1090. The van der Waals surface area contributed by atoms with Crippen LogP contribution in [-0.2, 0) is 6.18 Å². The summed E-state index contributed by atoms with van der Waals surface area (Å²) >= 11 is 0. The van der Waals surface area contributed by atoms with Gasteiger partial charge in [-0.25, -0.2) is 15.0 Å². The van der Waals surface area contributed by atoms with Gasteiger partial charge in [-0.3, -0.25) is 0 Å². The predicted molar refractivity (Wildman–Crippen MR) is 98.7 cm³/mol. The number of nitrogens with one attached hydrogen (secondary N) is 2. The lowest BCUT2D eigenvalue weighted by molar-refractivity contribution is -0.137. The van der Waals surface area contributed by atoms with Crippen molar-refractivity contribution in [3.05, 3.63) is 35.8 Å². The average molecular weight is 402 g/mol. The fraction of sp³-hybridized carbons (Fsp3) is 0.368. The van der Waals surface area contributed by atoms with Crippen LogP contribution in [0, 0.1) is 17.2 Å². The maximum atomic E-state index is 13.1. The summed E-state index contributed by atoms with van der Waals surface area (Å²) in [6, 6.07) is 2.97. The number of nitriles is 1. The first kappa shape index (κ1) is 19.1. The second-order valence-corrected chi connectivity index (χ2v) is 7.10. The van der Waals surface area contributed by atoms with E-state index in [0.29, 0.717) is 24.4 Å². The van der Waals surface area contributed by atoms with Crippen LogP contribution >= 0.6 is 0 Å². The maximum absolute atomic E-state index is 13.1. The summed E-state index contributed by atoms with van der Waals surface area (Å²) < 4.78 is 39.3. The van der Waals surface area contributed by atoms with Crippen LogP contribution in [0.15, 0.2) is 24.7 Å². The van der Waals surface area contributed by atoms with Gasteiger partial charge in [0.25, 0.3) is 0 Å². The van der Waals surface area contributed by atoms with Gasteiger partial charge in [0.1, 0.15) is 11.7 Å². The monoisotopic (exact) mass is 402 g/mol. The summed E-state index contributed by atoms with van der Waals surface area (Å²) in [6.45, 7) is 0.566. The van der Waals surface area contributed by atoms with Gasteiger partial charge in [0.05, 0.1) is 29.1 Å². The summed E-state index contributed by atoms with van der Waals surface area (Å²) in [6.07, 6.45) is 1.12. The van der Waals surface area contributed by atoms with Crippen LogP contribution in [0.3, 0.4) is 0 Å². The van der Waals surface area contributed by atoms with Gasteiger partial charge in [0, 0.05) is 29.9 Å². The van der Waals surface area contributed by atoms with Gasteiger partial charge in [-0.15, -0.1) is 0 Å². The maximum Gasteiger partial charge on any atom is 0.417 e. The number of fused-ring (bicyclic) bond motifs is 1. The van der Waals surface area contributed by atoms with Crippen molar-refractivity contribution < 1.29 is 18.3 Å². The molecule has 10 heteroatoms. The van der Waals surface area contributed by atoms with E-state index in [1.807, 2.05) is 6.07 Å². The van der Waals surface area contributed by atoms with E-state index < -0.39 is 11.7 Å². The third-order valence-corrected chi connectivity index (χ3v) is 5.09. The molecule has 0 spiro atoms. The van der Waals surface area contributed by atoms with E-state index in [2.05, 4.69) is 25.3 Å². The SMILES string of the molecule is N#Cc1cnc(NC[C@H]2CC[C@@H](O)C2)nc1-c1c[nH]c2ncc(C(F)(F)F)cc12. The van der Waals surface area contributed by atoms with Gasteiger partial charge in [0.2, 0.25) is 5.95 Å². The number of rotatable bonds is 4. The van der Waals surface area contributed by atoms with Crippen LogP contribution in [-0.4, -0.2) is 37.7 Å².